The number of aliphatic hydroxyl groups is 8. The first kappa shape index (κ1) is 73.0. The van der Waals surface area contributed by atoms with Gasteiger partial charge in [-0.15, -0.1) is 10.2 Å². The van der Waals surface area contributed by atoms with E-state index in [-0.39, 0.29) is 67.0 Å². The molecule has 2 aromatic carbocycles. The number of ether oxygens (including phenoxy) is 2. The summed E-state index contributed by atoms with van der Waals surface area (Å²) in [4.78, 5) is 92.6. The third-order valence-corrected chi connectivity index (χ3v) is 21.7. The molecular weight excluding hydrogens is 1250 g/mol. The zero-order valence-electron chi connectivity index (χ0n) is 54.8. The molecule has 6 aliphatic rings. The Hall–Kier alpha value is -6.22. The van der Waals surface area contributed by atoms with Gasteiger partial charge in [-0.05, 0) is 138 Å². The van der Waals surface area contributed by atoms with E-state index in [9.17, 15) is 74.7 Å². The number of phenols is 1. The zero-order valence-corrected chi connectivity index (χ0v) is 55.6. The summed E-state index contributed by atoms with van der Waals surface area (Å²) in [5.74, 6) is -6.43. The molecule has 95 heavy (non-hydrogen) atoms. The molecule has 4 aliphatic heterocycles. The Morgan fingerprint density at radius 2 is 1.42 bits per heavy atom. The van der Waals surface area contributed by atoms with E-state index < -0.39 is 159 Å². The molecule has 13 atom stereocenters. The molecule has 9 rings (SSSR count). The second-order valence-electron chi connectivity index (χ2n) is 27.0. The van der Waals surface area contributed by atoms with Crippen molar-refractivity contribution in [3.63, 3.8) is 0 Å². The van der Waals surface area contributed by atoms with Gasteiger partial charge >= 0.3 is 0 Å². The van der Waals surface area contributed by atoms with Gasteiger partial charge in [0.2, 0.25) is 35.4 Å². The summed E-state index contributed by atoms with van der Waals surface area (Å²) in [7, 11) is 3.17. The number of methoxy groups -OCH3 is 2. The highest BCUT2D eigenvalue weighted by atomic mass is 32.1. The average molecular weight is 1350 g/mol. The van der Waals surface area contributed by atoms with Gasteiger partial charge in [0, 0.05) is 75.8 Å². The van der Waals surface area contributed by atoms with Crippen LogP contribution in [0.2, 0.25) is 0 Å². The number of benzene rings is 2. The number of carbonyl (C=O) groups excluding carboxylic acids is 6. The number of nitrogens with zero attached hydrogens (tertiary/aromatic N) is 5. The number of aliphatic hydroxyl groups excluding tert-OH is 8. The normalized spacial score (nSPS) is 29.8. The molecule has 29 heteroatoms. The number of piperidine rings is 1. The minimum Gasteiger partial charge on any atom is -0.504 e. The first-order chi connectivity index (χ1) is 45.5. The smallest absolute Gasteiger partial charge is 0.248 e. The van der Waals surface area contributed by atoms with Crippen LogP contribution in [0.1, 0.15) is 120 Å². The third kappa shape index (κ3) is 17.7. The highest BCUT2D eigenvalue weighted by Gasteiger charge is 2.50. The Kier molecular flexibility index (Phi) is 25.6. The molecule has 2 saturated carbocycles. The van der Waals surface area contributed by atoms with Crippen molar-refractivity contribution in [3.05, 3.63) is 53.0 Å². The van der Waals surface area contributed by atoms with Crippen LogP contribution in [0.5, 0.6) is 11.5 Å². The maximum atomic E-state index is 15.0. The second-order valence-corrected chi connectivity index (χ2v) is 28.1. The van der Waals surface area contributed by atoms with Crippen LogP contribution in [0.3, 0.4) is 0 Å². The maximum Gasteiger partial charge on any atom is 0.248 e. The Labute approximate surface area is 557 Å². The molecule has 28 nitrogen and oxygen atoms in total. The number of rotatable bonds is 20. The van der Waals surface area contributed by atoms with E-state index >= 15 is 0 Å². The number of aromatic hydroxyl groups is 1. The summed E-state index contributed by atoms with van der Waals surface area (Å²) in [6.45, 7) is 2.54. The number of phenolic OH excluding ortho intramolecular Hbond substituents is 1. The number of fused-ring (bicyclic) bond motifs is 2. The summed E-state index contributed by atoms with van der Waals surface area (Å²) in [5.41, 5.74) is 2.40. The SMILES string of the molecule is COc1cc(C[C@@H](O)[C@@H]2NC(=O)[C@@H]3C[C@@H](O)CN3C(=O)[C@H]([C@@H](C)O)NC(=O)[C@@H](NCC3CCC(c4nnc(-c5ccc(N6CCC(OC)(C7CCCCC7)CC6)cc5)s4)CC3)C[C@@H](O)CNC(=O)C3[C@@H](O)[C@@H](C)CN3C(=O)[C@H]([C@H](O)CCNC(CO)CO)NC2=O)ccc1O. The Balaban J connectivity index is 0.919. The molecule has 1 aromatic heterocycles. The first-order valence-corrected chi connectivity index (χ1v) is 34.5. The van der Waals surface area contributed by atoms with Gasteiger partial charge < -0.3 is 102 Å². The molecule has 1 unspecified atom stereocenters. The van der Waals surface area contributed by atoms with Gasteiger partial charge in [0.25, 0.3) is 0 Å². The van der Waals surface area contributed by atoms with Gasteiger partial charge in [0.05, 0.1) is 74.6 Å². The van der Waals surface area contributed by atoms with Crippen LogP contribution in [0, 0.1) is 17.8 Å². The summed E-state index contributed by atoms with van der Waals surface area (Å²) < 4.78 is 11.5. The average Bonchev–Trinajstić information content (AvgIpc) is 1.78. The number of β-amino-alcohol motifs (C(OH)–C–C–N with tert-alkyl or cyclic N) is 1. The van der Waals surface area contributed by atoms with Gasteiger partial charge in [-0.25, -0.2) is 0 Å². The van der Waals surface area contributed by atoms with Crippen molar-refractivity contribution in [2.45, 2.75) is 201 Å². The summed E-state index contributed by atoms with van der Waals surface area (Å²) in [5, 5.41) is 126. The quantitative estimate of drug-likeness (QED) is 0.0638. The van der Waals surface area contributed by atoms with Crippen LogP contribution < -0.4 is 41.5 Å². The molecule has 0 radical (unpaired) electrons. The highest BCUT2D eigenvalue weighted by Crippen LogP contribution is 2.43. The largest absolute Gasteiger partial charge is 0.504 e. The Morgan fingerprint density at radius 3 is 2.08 bits per heavy atom. The highest BCUT2D eigenvalue weighted by molar-refractivity contribution is 7.14. The lowest BCUT2D eigenvalue weighted by Gasteiger charge is -2.47. The van der Waals surface area contributed by atoms with E-state index in [0.29, 0.717) is 5.92 Å². The second kappa shape index (κ2) is 33.4. The maximum absolute atomic E-state index is 15.0. The molecule has 4 saturated heterocycles. The van der Waals surface area contributed by atoms with Gasteiger partial charge in [-0.3, -0.25) is 28.8 Å². The van der Waals surface area contributed by atoms with Gasteiger partial charge in [0.1, 0.15) is 40.2 Å². The van der Waals surface area contributed by atoms with Gasteiger partial charge in [0.15, 0.2) is 11.5 Å². The summed E-state index contributed by atoms with van der Waals surface area (Å²) in [6, 6.07) is 1.45. The van der Waals surface area contributed by atoms with Crippen molar-refractivity contribution >= 4 is 52.5 Å². The van der Waals surface area contributed by atoms with Crippen LogP contribution in [-0.4, -0.2) is 259 Å². The molecule has 5 heterocycles. The Bertz CT molecular complexity index is 3050. The lowest BCUT2D eigenvalue weighted by Crippen LogP contribution is -2.64. The van der Waals surface area contributed by atoms with Crippen molar-refractivity contribution in [1.29, 1.82) is 0 Å². The van der Waals surface area contributed by atoms with E-state index in [1.54, 1.807) is 18.3 Å². The van der Waals surface area contributed by atoms with E-state index in [2.05, 4.69) is 71.3 Å². The van der Waals surface area contributed by atoms with E-state index in [0.717, 1.165) is 77.0 Å². The molecular formula is C66H99N11O17S. The standard InChI is InChI=1S/C66H99N11O17S/c1-36-32-77-56(57(36)86)61(90)69-31-45(81)28-47(68-30-38-10-13-40(14-11-38)62-73-74-63(95-62)41-15-17-44(18-16-41)75-24-21-66(94-4,22-25-75)42-8-6-5-7-9-42)58(87)70-53(37(2)80)64(91)76-33-46(82)29-48(76)59(88)71-54(51(85)26-39-12-19-49(83)52(27-39)93-3)60(89)72-55(65(77)92)50(84)20-23-67-43(34-78)35-79/h12,15-19,27,36-38,40,42-43,45-48,50-51,53-57,67-68,78-86H,5-11,13-14,20-26,28-35H2,1-4H3,(H,69,90)(H,70,87)(H,71,88)(H,72,89)/t36-,37+,38?,40?,45+,46+,47-,48-,50+,51+,53-,54-,55-,56?,57-/m0/s1. The van der Waals surface area contributed by atoms with Crippen LogP contribution in [0.25, 0.3) is 10.6 Å². The van der Waals surface area contributed by atoms with E-state index in [1.165, 1.54) is 70.0 Å². The first-order valence-electron chi connectivity index (χ1n) is 33.7. The van der Waals surface area contributed by atoms with Crippen LogP contribution in [-0.2, 0) is 39.9 Å². The number of aromatic nitrogens is 2. The van der Waals surface area contributed by atoms with Crippen molar-refractivity contribution in [2.24, 2.45) is 17.8 Å². The number of carbonyl (C=O) groups is 6. The minimum absolute atomic E-state index is 0.0000358. The summed E-state index contributed by atoms with van der Waals surface area (Å²) in [6.07, 6.45) is 0.205. The number of hydrogen-bond donors (Lipinski definition) is 15. The zero-order chi connectivity index (χ0) is 68.3. The molecule has 15 N–H and O–H groups in total. The lowest BCUT2D eigenvalue weighted by atomic mass is 9.72. The molecule has 6 amide bonds. The fraction of sp³-hybridized carbons (Fsp3) is 0.697. The van der Waals surface area contributed by atoms with Crippen molar-refractivity contribution in [3.8, 4) is 22.1 Å². The predicted octanol–water partition coefficient (Wildman–Crippen LogP) is -1.10. The van der Waals surface area contributed by atoms with E-state index in [4.69, 9.17) is 9.47 Å². The fourth-order valence-corrected chi connectivity index (χ4v) is 15.8. The molecule has 2 aliphatic carbocycles. The fourth-order valence-electron chi connectivity index (χ4n) is 14.8. The number of nitrogens with one attached hydrogen (secondary N) is 6. The van der Waals surface area contributed by atoms with Crippen LogP contribution in [0.4, 0.5) is 5.69 Å². The minimum atomic E-state index is -2.03. The van der Waals surface area contributed by atoms with Crippen molar-refractivity contribution < 1.29 is 84.2 Å². The monoisotopic (exact) mass is 1350 g/mol. The number of amides is 6. The molecule has 526 valence electrons. The third-order valence-electron chi connectivity index (χ3n) is 20.6. The lowest BCUT2D eigenvalue weighted by molar-refractivity contribution is -0.147. The van der Waals surface area contributed by atoms with Crippen LogP contribution >= 0.6 is 11.3 Å². The van der Waals surface area contributed by atoms with Gasteiger partial charge in [-0.2, -0.15) is 0 Å². The molecule has 3 aromatic rings. The van der Waals surface area contributed by atoms with Crippen molar-refractivity contribution in [2.75, 3.05) is 78.1 Å². The van der Waals surface area contributed by atoms with Crippen molar-refractivity contribution in [1.82, 2.24) is 51.9 Å². The van der Waals surface area contributed by atoms with Gasteiger partial charge in [-0.1, -0.05) is 43.6 Å². The molecule has 0 spiro atoms. The molecule has 6 fully saturated rings. The number of hydrogen-bond acceptors (Lipinski definition) is 23. The van der Waals surface area contributed by atoms with E-state index in [1.807, 2.05) is 7.11 Å². The predicted molar refractivity (Wildman–Crippen MR) is 348 cm³/mol. The Morgan fingerprint density at radius 1 is 0.747 bits per heavy atom. The molecule has 0 bridgehead atoms. The summed E-state index contributed by atoms with van der Waals surface area (Å²) >= 11 is 1.57. The van der Waals surface area contributed by atoms with Crippen LogP contribution in [0.15, 0.2) is 42.5 Å². The topological polar surface area (TPSA) is 411 Å². The number of anilines is 1.